The fourth-order valence-electron chi connectivity index (χ4n) is 4.35. The zero-order valence-corrected chi connectivity index (χ0v) is 22.4. The Morgan fingerprint density at radius 2 is 1.13 bits per heavy atom. The van der Waals surface area contributed by atoms with Gasteiger partial charge in [0, 0.05) is 11.6 Å². The van der Waals surface area contributed by atoms with E-state index in [1.807, 2.05) is 30.3 Å². The van der Waals surface area contributed by atoms with Crippen molar-refractivity contribution in [3.63, 3.8) is 0 Å². The minimum Gasteiger partial charge on any atom is -0.497 e. The maximum absolute atomic E-state index is 11.1. The number of ether oxygens (including phenoxy) is 5. The fraction of sp³-hybridized carbons (Fsp3) is 0.219. The molecule has 0 unspecified atom stereocenters. The van der Waals surface area contributed by atoms with Crippen molar-refractivity contribution < 1.29 is 28.5 Å². The summed E-state index contributed by atoms with van der Waals surface area (Å²) in [7, 11) is 4.80. The highest BCUT2D eigenvalue weighted by Crippen LogP contribution is 2.34. The molecular formula is C32H32O6. The van der Waals surface area contributed by atoms with Gasteiger partial charge in [0.05, 0.1) is 21.3 Å². The van der Waals surface area contributed by atoms with E-state index in [2.05, 4.69) is 38.1 Å². The third-order valence-corrected chi connectivity index (χ3v) is 6.64. The molecule has 0 fully saturated rings. The molecule has 4 aromatic rings. The normalized spacial score (nSPS) is 10.6. The van der Waals surface area contributed by atoms with Crippen molar-refractivity contribution in [3.05, 3.63) is 101 Å². The van der Waals surface area contributed by atoms with Crippen molar-refractivity contribution in [3.8, 4) is 39.9 Å². The van der Waals surface area contributed by atoms with Gasteiger partial charge in [-0.05, 0) is 77.6 Å². The lowest BCUT2D eigenvalue weighted by Crippen LogP contribution is -2.03. The second kappa shape index (κ2) is 12.2. The molecule has 0 amide bonds. The number of hydrogen-bond acceptors (Lipinski definition) is 6. The van der Waals surface area contributed by atoms with Crippen LogP contribution in [-0.4, -0.2) is 27.6 Å². The number of aldehydes is 1. The van der Waals surface area contributed by atoms with E-state index < -0.39 is 0 Å². The Balaban J connectivity index is 1.55. The van der Waals surface area contributed by atoms with Gasteiger partial charge in [0.2, 0.25) is 0 Å². The molecule has 0 aromatic heterocycles. The zero-order valence-electron chi connectivity index (χ0n) is 22.4. The topological polar surface area (TPSA) is 63.2 Å². The van der Waals surface area contributed by atoms with Crippen molar-refractivity contribution in [2.75, 3.05) is 21.3 Å². The first-order chi connectivity index (χ1) is 18.5. The van der Waals surface area contributed by atoms with Gasteiger partial charge in [-0.1, -0.05) is 36.4 Å². The maximum atomic E-state index is 11.1. The summed E-state index contributed by atoms with van der Waals surface area (Å²) < 4.78 is 28.4. The van der Waals surface area contributed by atoms with E-state index in [0.717, 1.165) is 39.7 Å². The lowest BCUT2D eigenvalue weighted by atomic mass is 9.92. The zero-order chi connectivity index (χ0) is 27.1. The molecule has 38 heavy (non-hydrogen) atoms. The molecule has 0 atom stereocenters. The van der Waals surface area contributed by atoms with Gasteiger partial charge in [0.25, 0.3) is 0 Å². The maximum Gasteiger partial charge on any atom is 0.164 e. The van der Waals surface area contributed by atoms with Gasteiger partial charge in [-0.25, -0.2) is 0 Å². The van der Waals surface area contributed by atoms with E-state index in [-0.39, 0.29) is 0 Å². The van der Waals surface area contributed by atoms with Gasteiger partial charge in [-0.15, -0.1) is 0 Å². The number of carbonyl (C=O) groups is 1. The molecule has 4 aromatic carbocycles. The predicted octanol–water partition coefficient (Wildman–Crippen LogP) is 6.97. The van der Waals surface area contributed by atoms with Crippen LogP contribution >= 0.6 is 0 Å². The molecule has 6 nitrogen and oxygen atoms in total. The molecule has 0 saturated heterocycles. The third-order valence-electron chi connectivity index (χ3n) is 6.64. The Labute approximate surface area is 223 Å². The van der Waals surface area contributed by atoms with Crippen LogP contribution < -0.4 is 23.7 Å². The van der Waals surface area contributed by atoms with Crippen LogP contribution in [0.4, 0.5) is 0 Å². The Hall–Kier alpha value is -4.45. The van der Waals surface area contributed by atoms with Gasteiger partial charge in [-0.2, -0.15) is 0 Å². The molecule has 196 valence electrons. The SMILES string of the molecule is COc1ccc(OCc2cccc(-c3cccc(COc4ccc(C=O)cc4OC)c3C)c2C)c(OC)c1. The van der Waals surface area contributed by atoms with Crippen LogP contribution in [0.2, 0.25) is 0 Å². The first-order valence-electron chi connectivity index (χ1n) is 12.3. The van der Waals surface area contributed by atoms with E-state index in [0.29, 0.717) is 47.5 Å². The summed E-state index contributed by atoms with van der Waals surface area (Å²) in [5.74, 6) is 3.11. The number of methoxy groups -OCH3 is 3. The summed E-state index contributed by atoms with van der Waals surface area (Å²) in [6.07, 6.45) is 0.787. The Kier molecular flexibility index (Phi) is 8.54. The highest BCUT2D eigenvalue weighted by molar-refractivity contribution is 5.76. The molecule has 4 rings (SSSR count). The summed E-state index contributed by atoms with van der Waals surface area (Å²) in [5.41, 5.74) is 7.24. The standard InChI is InChI=1S/C32H32O6/c1-21-24(19-37-29-14-12-23(18-33)16-31(29)35-4)8-6-10-27(21)28-11-7-9-25(22(28)2)20-38-30-15-13-26(34-3)17-32(30)36-5/h6-18H,19-20H2,1-5H3. The minimum absolute atomic E-state index is 0.371. The van der Waals surface area contributed by atoms with Crippen molar-refractivity contribution >= 4 is 6.29 Å². The van der Waals surface area contributed by atoms with Crippen molar-refractivity contribution in [2.45, 2.75) is 27.1 Å². The van der Waals surface area contributed by atoms with Crippen molar-refractivity contribution in [1.29, 1.82) is 0 Å². The summed E-state index contributed by atoms with van der Waals surface area (Å²) in [5, 5.41) is 0. The van der Waals surface area contributed by atoms with E-state index in [1.54, 1.807) is 39.5 Å². The second-order valence-corrected chi connectivity index (χ2v) is 8.80. The highest BCUT2D eigenvalue weighted by atomic mass is 16.5. The van der Waals surface area contributed by atoms with Crippen LogP contribution in [0.3, 0.4) is 0 Å². The molecule has 0 radical (unpaired) electrons. The van der Waals surface area contributed by atoms with Crippen molar-refractivity contribution in [2.24, 2.45) is 0 Å². The van der Waals surface area contributed by atoms with Crippen LogP contribution in [0.15, 0.2) is 72.8 Å². The summed E-state index contributed by atoms with van der Waals surface area (Å²) in [6.45, 7) is 4.99. The molecule has 6 heteroatoms. The van der Waals surface area contributed by atoms with Crippen LogP contribution in [0.5, 0.6) is 28.7 Å². The van der Waals surface area contributed by atoms with Crippen LogP contribution in [-0.2, 0) is 13.2 Å². The van der Waals surface area contributed by atoms with Gasteiger partial charge >= 0.3 is 0 Å². The van der Waals surface area contributed by atoms with Gasteiger partial charge in [-0.3, -0.25) is 4.79 Å². The van der Waals surface area contributed by atoms with E-state index in [1.165, 1.54) is 0 Å². The highest BCUT2D eigenvalue weighted by Gasteiger charge is 2.14. The molecule has 0 aliphatic carbocycles. The Bertz CT molecular complexity index is 1430. The largest absolute Gasteiger partial charge is 0.497 e. The van der Waals surface area contributed by atoms with E-state index in [4.69, 9.17) is 23.7 Å². The Morgan fingerprint density at radius 3 is 1.63 bits per heavy atom. The second-order valence-electron chi connectivity index (χ2n) is 8.80. The van der Waals surface area contributed by atoms with Gasteiger partial charge < -0.3 is 23.7 Å². The summed E-state index contributed by atoms with van der Waals surface area (Å²) in [6, 6.07) is 23.1. The number of benzene rings is 4. The summed E-state index contributed by atoms with van der Waals surface area (Å²) in [4.78, 5) is 11.1. The minimum atomic E-state index is 0.371. The monoisotopic (exact) mass is 512 g/mol. The molecule has 0 saturated carbocycles. The number of rotatable bonds is 11. The predicted molar refractivity (Wildman–Crippen MR) is 148 cm³/mol. The number of hydrogen-bond donors (Lipinski definition) is 0. The van der Waals surface area contributed by atoms with Crippen LogP contribution in [0, 0.1) is 13.8 Å². The average Bonchev–Trinajstić information content (AvgIpc) is 2.96. The van der Waals surface area contributed by atoms with E-state index >= 15 is 0 Å². The third kappa shape index (κ3) is 5.75. The van der Waals surface area contributed by atoms with Gasteiger partial charge in [0.15, 0.2) is 23.0 Å². The van der Waals surface area contributed by atoms with Crippen molar-refractivity contribution in [1.82, 2.24) is 0 Å². The van der Waals surface area contributed by atoms with Crippen LogP contribution in [0.1, 0.15) is 32.6 Å². The van der Waals surface area contributed by atoms with Crippen LogP contribution in [0.25, 0.3) is 11.1 Å². The lowest BCUT2D eigenvalue weighted by Gasteiger charge is -2.18. The molecule has 0 N–H and O–H groups in total. The molecule has 0 aliphatic rings. The molecule has 0 aliphatic heterocycles. The van der Waals surface area contributed by atoms with E-state index in [9.17, 15) is 4.79 Å². The smallest absolute Gasteiger partial charge is 0.164 e. The molecule has 0 heterocycles. The summed E-state index contributed by atoms with van der Waals surface area (Å²) >= 11 is 0. The molecular weight excluding hydrogens is 480 g/mol. The molecule has 0 bridgehead atoms. The lowest BCUT2D eigenvalue weighted by molar-refractivity contribution is 0.112. The van der Waals surface area contributed by atoms with Gasteiger partial charge in [0.1, 0.15) is 25.2 Å². The quantitative estimate of drug-likeness (QED) is 0.202. The molecule has 0 spiro atoms. The number of carbonyl (C=O) groups excluding carboxylic acids is 1. The first-order valence-corrected chi connectivity index (χ1v) is 12.3. The first kappa shape index (κ1) is 26.6. The average molecular weight is 513 g/mol. The Morgan fingerprint density at radius 1 is 0.605 bits per heavy atom. The fourth-order valence-corrected chi connectivity index (χ4v) is 4.35.